The van der Waals surface area contributed by atoms with Crippen LogP contribution >= 0.6 is 0 Å². The van der Waals surface area contributed by atoms with Crippen molar-refractivity contribution >= 4 is 0 Å². The first-order chi connectivity index (χ1) is 16.2. The number of aromatic amines is 2. The van der Waals surface area contributed by atoms with E-state index in [0.717, 1.165) is 47.1 Å². The molecule has 0 unspecified atom stereocenters. The summed E-state index contributed by atoms with van der Waals surface area (Å²) in [5.41, 5.74) is 6.63. The maximum atomic E-state index is 9.74. The van der Waals surface area contributed by atoms with Crippen LogP contribution in [-0.2, 0) is 0 Å². The van der Waals surface area contributed by atoms with E-state index < -0.39 is 0 Å². The van der Waals surface area contributed by atoms with E-state index in [4.69, 9.17) is 0 Å². The minimum absolute atomic E-state index is 0.0897. The van der Waals surface area contributed by atoms with Gasteiger partial charge in [0.2, 0.25) is 0 Å². The van der Waals surface area contributed by atoms with Crippen molar-refractivity contribution in [3.05, 3.63) is 72.6 Å². The van der Waals surface area contributed by atoms with Crippen LogP contribution in [0.5, 0.6) is 0 Å². The summed E-state index contributed by atoms with van der Waals surface area (Å²) in [6, 6.07) is 17.6. The molecule has 0 aliphatic carbocycles. The summed E-state index contributed by atoms with van der Waals surface area (Å²) in [5, 5.41) is 16.5. The largest absolute Gasteiger partial charge is 0.392 e. The van der Waals surface area contributed by atoms with Crippen LogP contribution in [0.4, 0.5) is 0 Å². The second-order valence-electron chi connectivity index (χ2n) is 9.02. The Morgan fingerprint density at radius 1 is 0.697 bits per heavy atom. The van der Waals surface area contributed by atoms with Gasteiger partial charge in [-0.25, -0.2) is 9.97 Å². The molecular formula is C26H28N6O. The molecule has 3 atom stereocenters. The number of hydrogen-bond acceptors (Lipinski definition) is 5. The summed E-state index contributed by atoms with van der Waals surface area (Å²) in [7, 11) is 0. The van der Waals surface area contributed by atoms with Crippen molar-refractivity contribution < 1.29 is 5.11 Å². The van der Waals surface area contributed by atoms with Gasteiger partial charge in [0, 0.05) is 6.54 Å². The van der Waals surface area contributed by atoms with Gasteiger partial charge in [-0.05, 0) is 48.1 Å². The molecule has 0 saturated carbocycles. The van der Waals surface area contributed by atoms with Crippen LogP contribution in [-0.4, -0.2) is 44.2 Å². The fourth-order valence-electron chi connectivity index (χ4n) is 4.85. The lowest BCUT2D eigenvalue weighted by atomic mass is 10.0. The van der Waals surface area contributed by atoms with Crippen molar-refractivity contribution in [1.29, 1.82) is 0 Å². The highest BCUT2D eigenvalue weighted by molar-refractivity contribution is 5.71. The van der Waals surface area contributed by atoms with Crippen LogP contribution in [0.3, 0.4) is 0 Å². The van der Waals surface area contributed by atoms with E-state index >= 15 is 0 Å². The molecule has 7 nitrogen and oxygen atoms in total. The van der Waals surface area contributed by atoms with E-state index in [9.17, 15) is 5.11 Å². The predicted molar refractivity (Wildman–Crippen MR) is 128 cm³/mol. The molecule has 2 fully saturated rings. The summed E-state index contributed by atoms with van der Waals surface area (Å²) in [6.45, 7) is 1.69. The van der Waals surface area contributed by atoms with E-state index in [1.54, 1.807) is 0 Å². The van der Waals surface area contributed by atoms with E-state index in [-0.39, 0.29) is 12.1 Å². The molecule has 4 aromatic rings. The van der Waals surface area contributed by atoms with Crippen LogP contribution < -0.4 is 10.6 Å². The third-order valence-corrected chi connectivity index (χ3v) is 6.74. The predicted octanol–water partition coefficient (Wildman–Crippen LogP) is 3.95. The number of benzene rings is 2. The molecule has 6 rings (SSSR count). The Hall–Kier alpha value is -3.26. The lowest BCUT2D eigenvalue weighted by molar-refractivity contribution is 0.193. The van der Waals surface area contributed by atoms with Crippen molar-refractivity contribution in [2.75, 3.05) is 13.1 Å². The molecule has 2 saturated heterocycles. The quantitative estimate of drug-likeness (QED) is 0.323. The summed E-state index contributed by atoms with van der Waals surface area (Å²) in [6.07, 6.45) is 6.54. The molecule has 0 radical (unpaired) electrons. The first-order valence-electron chi connectivity index (χ1n) is 11.7. The molecule has 2 aromatic heterocycles. The second-order valence-corrected chi connectivity index (χ2v) is 9.02. The Labute approximate surface area is 192 Å². The van der Waals surface area contributed by atoms with Crippen molar-refractivity contribution in [3.8, 4) is 33.6 Å². The standard InChI is InChI=1S/C26H28N6O/c33-20-12-22(28-13-20)26-30-15-24(32-26)19-9-5-17(6-10-19)16-3-7-18(8-4-16)23-14-29-25(31-23)21-2-1-11-27-21/h3-10,14-15,20-22,27-28,33H,1-2,11-13H2,(H,29,31)(H,30,32)/t20-,21-,22-/m0/s1. The monoisotopic (exact) mass is 440 g/mol. The number of aliphatic hydroxyl groups is 1. The van der Waals surface area contributed by atoms with E-state index in [1.807, 2.05) is 12.4 Å². The van der Waals surface area contributed by atoms with Crippen LogP contribution in [0, 0.1) is 0 Å². The van der Waals surface area contributed by atoms with E-state index in [1.165, 1.54) is 17.5 Å². The number of aliphatic hydroxyl groups excluding tert-OH is 1. The van der Waals surface area contributed by atoms with Crippen LogP contribution in [0.25, 0.3) is 33.6 Å². The normalized spacial score (nSPS) is 22.8. The summed E-state index contributed by atoms with van der Waals surface area (Å²) < 4.78 is 0. The fraction of sp³-hybridized carbons (Fsp3) is 0.308. The zero-order valence-electron chi connectivity index (χ0n) is 18.4. The maximum Gasteiger partial charge on any atom is 0.123 e. The van der Waals surface area contributed by atoms with Gasteiger partial charge in [-0.3, -0.25) is 0 Å². The highest BCUT2D eigenvalue weighted by Gasteiger charge is 2.25. The zero-order chi connectivity index (χ0) is 22.2. The van der Waals surface area contributed by atoms with Gasteiger partial charge in [0.05, 0.1) is 42.0 Å². The third kappa shape index (κ3) is 4.11. The fourth-order valence-corrected chi connectivity index (χ4v) is 4.85. The lowest BCUT2D eigenvalue weighted by Crippen LogP contribution is -2.15. The van der Waals surface area contributed by atoms with E-state index in [2.05, 4.69) is 79.1 Å². The Kier molecular flexibility index (Phi) is 5.30. The highest BCUT2D eigenvalue weighted by Crippen LogP contribution is 2.29. The minimum Gasteiger partial charge on any atom is -0.392 e. The van der Waals surface area contributed by atoms with Crippen LogP contribution in [0.1, 0.15) is 43.0 Å². The number of imidazole rings is 2. The van der Waals surface area contributed by atoms with Crippen molar-refractivity contribution in [3.63, 3.8) is 0 Å². The number of nitrogens with one attached hydrogen (secondary N) is 4. The molecular weight excluding hydrogens is 412 g/mol. The summed E-state index contributed by atoms with van der Waals surface area (Å²) >= 11 is 0. The Bertz CT molecular complexity index is 1220. The van der Waals surface area contributed by atoms with Crippen molar-refractivity contribution in [2.24, 2.45) is 0 Å². The van der Waals surface area contributed by atoms with Crippen LogP contribution in [0.2, 0.25) is 0 Å². The topological polar surface area (TPSA) is 102 Å². The van der Waals surface area contributed by atoms with Gasteiger partial charge < -0.3 is 25.7 Å². The average molecular weight is 441 g/mol. The van der Waals surface area contributed by atoms with Gasteiger partial charge in [-0.2, -0.15) is 0 Å². The number of aromatic nitrogens is 4. The van der Waals surface area contributed by atoms with Gasteiger partial charge >= 0.3 is 0 Å². The minimum atomic E-state index is -0.297. The molecule has 0 bridgehead atoms. The van der Waals surface area contributed by atoms with E-state index in [0.29, 0.717) is 19.0 Å². The molecule has 2 aromatic carbocycles. The summed E-state index contributed by atoms with van der Waals surface area (Å²) in [5.74, 6) is 1.91. The van der Waals surface area contributed by atoms with Gasteiger partial charge in [-0.1, -0.05) is 48.5 Å². The zero-order valence-corrected chi connectivity index (χ0v) is 18.4. The number of H-pyrrole nitrogens is 2. The summed E-state index contributed by atoms with van der Waals surface area (Å²) in [4.78, 5) is 16.0. The number of β-amino-alcohol motifs (C(OH)–C–C–N with tert-alkyl or cyclic N) is 1. The van der Waals surface area contributed by atoms with Crippen molar-refractivity contribution in [2.45, 2.75) is 37.5 Å². The highest BCUT2D eigenvalue weighted by atomic mass is 16.3. The number of rotatable bonds is 5. The Morgan fingerprint density at radius 3 is 1.73 bits per heavy atom. The molecule has 168 valence electrons. The van der Waals surface area contributed by atoms with Crippen molar-refractivity contribution in [1.82, 2.24) is 30.6 Å². The molecule has 5 N–H and O–H groups in total. The Morgan fingerprint density at radius 2 is 1.24 bits per heavy atom. The van der Waals surface area contributed by atoms with Gasteiger partial charge in [0.1, 0.15) is 11.6 Å². The first kappa shape index (κ1) is 20.4. The third-order valence-electron chi connectivity index (χ3n) is 6.74. The van der Waals surface area contributed by atoms with Gasteiger partial charge in [-0.15, -0.1) is 0 Å². The molecule has 7 heteroatoms. The molecule has 0 amide bonds. The van der Waals surface area contributed by atoms with Gasteiger partial charge in [0.15, 0.2) is 0 Å². The second kappa shape index (κ2) is 8.59. The maximum absolute atomic E-state index is 9.74. The molecule has 0 spiro atoms. The number of hydrogen-bond donors (Lipinski definition) is 5. The average Bonchev–Trinajstić information content (AvgIpc) is 3.66. The number of nitrogens with zero attached hydrogens (tertiary/aromatic N) is 2. The molecule has 2 aliphatic rings. The molecule has 2 aliphatic heterocycles. The molecule has 33 heavy (non-hydrogen) atoms. The molecule has 4 heterocycles. The SMILES string of the molecule is O[C@@H]1CN[C@H](c2ncc(-c3ccc(-c4ccc(-c5cnc([C@@H]6CCCN6)[nH]5)cc4)cc3)[nH]2)C1. The Balaban J connectivity index is 1.16. The van der Waals surface area contributed by atoms with Crippen LogP contribution in [0.15, 0.2) is 60.9 Å². The first-order valence-corrected chi connectivity index (χ1v) is 11.7. The van der Waals surface area contributed by atoms with Gasteiger partial charge in [0.25, 0.3) is 0 Å². The smallest absolute Gasteiger partial charge is 0.123 e. The lowest BCUT2D eigenvalue weighted by Gasteiger charge is -2.07.